The number of ether oxygens (including phenoxy) is 1. The highest BCUT2D eigenvalue weighted by molar-refractivity contribution is 7.89. The molecule has 2 aliphatic rings. The van der Waals surface area contributed by atoms with Crippen LogP contribution in [0.2, 0.25) is 0 Å². The smallest absolute Gasteiger partial charge is 0.309 e. The second kappa shape index (κ2) is 9.52. The molecular weight excluding hydrogens is 380 g/mol. The van der Waals surface area contributed by atoms with Gasteiger partial charge >= 0.3 is 5.97 Å². The lowest BCUT2D eigenvalue weighted by Gasteiger charge is -2.30. The Morgan fingerprint density at radius 1 is 1.00 bits per heavy atom. The third-order valence-electron chi connectivity index (χ3n) is 5.48. The summed E-state index contributed by atoms with van der Waals surface area (Å²) in [7, 11) is -3.54. The highest BCUT2D eigenvalue weighted by atomic mass is 32.2. The van der Waals surface area contributed by atoms with Crippen LogP contribution in [0.4, 0.5) is 0 Å². The summed E-state index contributed by atoms with van der Waals surface area (Å²) in [5.74, 6) is -1.05. The van der Waals surface area contributed by atoms with E-state index in [1.165, 1.54) is 10.7 Å². The van der Waals surface area contributed by atoms with E-state index in [2.05, 4.69) is 5.32 Å². The van der Waals surface area contributed by atoms with Crippen molar-refractivity contribution in [2.75, 3.05) is 19.7 Å². The molecule has 8 heteroatoms. The minimum atomic E-state index is -3.54. The highest BCUT2D eigenvalue weighted by Crippen LogP contribution is 2.24. The standard InChI is InChI=1S/C20H28N2O5S/c23-19(21-17-7-3-1-4-8-17)15-27-20(24)16-11-13-22(14-12-16)28(25,26)18-9-5-2-6-10-18/h2,5-6,9-10,16-17H,1,3-4,7-8,11-15H2,(H,21,23). The zero-order valence-electron chi connectivity index (χ0n) is 16.0. The van der Waals surface area contributed by atoms with Gasteiger partial charge in [0.15, 0.2) is 6.61 Å². The van der Waals surface area contributed by atoms with Gasteiger partial charge in [-0.15, -0.1) is 0 Å². The van der Waals surface area contributed by atoms with Gasteiger partial charge in [0.2, 0.25) is 10.0 Å². The largest absolute Gasteiger partial charge is 0.455 e. The van der Waals surface area contributed by atoms with Gasteiger partial charge in [0.05, 0.1) is 10.8 Å². The first kappa shape index (κ1) is 20.8. The molecule has 1 aromatic rings. The quantitative estimate of drug-likeness (QED) is 0.728. The SMILES string of the molecule is O=C(COC(=O)C1CCN(S(=O)(=O)c2ccccc2)CC1)NC1CCCCC1. The first-order valence-corrected chi connectivity index (χ1v) is 11.4. The molecule has 0 atom stereocenters. The number of amides is 1. The van der Waals surface area contributed by atoms with Crippen LogP contribution in [-0.4, -0.2) is 50.3 Å². The molecular formula is C20H28N2O5S. The zero-order valence-corrected chi connectivity index (χ0v) is 16.8. The Balaban J connectivity index is 1.43. The number of sulfonamides is 1. The van der Waals surface area contributed by atoms with Gasteiger partial charge in [-0.1, -0.05) is 37.5 Å². The lowest BCUT2D eigenvalue weighted by Crippen LogP contribution is -2.42. The molecule has 0 aromatic heterocycles. The first-order valence-electron chi connectivity index (χ1n) is 9.98. The number of esters is 1. The minimum Gasteiger partial charge on any atom is -0.455 e. The molecule has 0 bridgehead atoms. The Morgan fingerprint density at radius 2 is 1.64 bits per heavy atom. The first-order chi connectivity index (χ1) is 13.5. The minimum absolute atomic E-state index is 0.186. The van der Waals surface area contributed by atoms with Crippen molar-refractivity contribution in [1.29, 1.82) is 0 Å². The van der Waals surface area contributed by atoms with Crippen LogP contribution in [0.25, 0.3) is 0 Å². The Morgan fingerprint density at radius 3 is 2.29 bits per heavy atom. The van der Waals surface area contributed by atoms with E-state index in [9.17, 15) is 18.0 Å². The summed E-state index contributed by atoms with van der Waals surface area (Å²) in [5.41, 5.74) is 0. The van der Waals surface area contributed by atoms with E-state index in [0.29, 0.717) is 12.8 Å². The maximum Gasteiger partial charge on any atom is 0.309 e. The fraction of sp³-hybridized carbons (Fsp3) is 0.600. The van der Waals surface area contributed by atoms with Crippen molar-refractivity contribution < 1.29 is 22.7 Å². The van der Waals surface area contributed by atoms with Gasteiger partial charge in [0.1, 0.15) is 0 Å². The number of nitrogens with zero attached hydrogens (tertiary/aromatic N) is 1. The van der Waals surface area contributed by atoms with Gasteiger partial charge in [-0.2, -0.15) is 4.31 Å². The number of nitrogens with one attached hydrogen (secondary N) is 1. The molecule has 3 rings (SSSR count). The van der Waals surface area contributed by atoms with Gasteiger partial charge in [0, 0.05) is 19.1 Å². The van der Waals surface area contributed by atoms with Gasteiger partial charge in [0.25, 0.3) is 5.91 Å². The number of rotatable bonds is 6. The van der Waals surface area contributed by atoms with Crippen LogP contribution in [0.5, 0.6) is 0 Å². The molecule has 1 aliphatic heterocycles. The lowest BCUT2D eigenvalue weighted by molar-refractivity contribution is -0.153. The number of carbonyl (C=O) groups excluding carboxylic acids is 2. The average Bonchev–Trinajstić information content (AvgIpc) is 2.73. The molecule has 28 heavy (non-hydrogen) atoms. The molecule has 1 heterocycles. The number of piperidine rings is 1. The number of benzene rings is 1. The van der Waals surface area contributed by atoms with Crippen molar-refractivity contribution in [3.63, 3.8) is 0 Å². The number of hydrogen-bond donors (Lipinski definition) is 1. The summed E-state index contributed by atoms with van der Waals surface area (Å²) in [6.45, 7) is 0.272. The summed E-state index contributed by atoms with van der Waals surface area (Å²) >= 11 is 0. The summed E-state index contributed by atoms with van der Waals surface area (Å²) in [4.78, 5) is 24.5. The Bertz CT molecular complexity index is 767. The summed E-state index contributed by atoms with van der Waals surface area (Å²) in [6.07, 6.45) is 6.21. The molecule has 1 aliphatic carbocycles. The average molecular weight is 409 g/mol. The van der Waals surface area contributed by atoms with Crippen LogP contribution in [-0.2, 0) is 24.3 Å². The molecule has 1 saturated heterocycles. The Kier molecular flexibility index (Phi) is 7.07. The Hall–Kier alpha value is -1.93. The molecule has 0 spiro atoms. The van der Waals surface area contributed by atoms with Crippen LogP contribution in [0, 0.1) is 5.92 Å². The Labute approximate surface area is 166 Å². The normalized spacial score (nSPS) is 19.9. The lowest BCUT2D eigenvalue weighted by atomic mass is 9.95. The second-order valence-electron chi connectivity index (χ2n) is 7.50. The van der Waals surface area contributed by atoms with Crippen LogP contribution < -0.4 is 5.32 Å². The van der Waals surface area contributed by atoms with E-state index in [4.69, 9.17) is 4.74 Å². The van der Waals surface area contributed by atoms with Crippen molar-refractivity contribution in [3.8, 4) is 0 Å². The number of hydrogen-bond acceptors (Lipinski definition) is 5. The van der Waals surface area contributed by atoms with E-state index in [-0.39, 0.29) is 42.5 Å². The van der Waals surface area contributed by atoms with Gasteiger partial charge in [-0.25, -0.2) is 8.42 Å². The molecule has 2 fully saturated rings. The van der Waals surface area contributed by atoms with Gasteiger partial charge in [-0.05, 0) is 37.8 Å². The predicted molar refractivity (Wildman–Crippen MR) is 104 cm³/mol. The topological polar surface area (TPSA) is 92.8 Å². The van der Waals surface area contributed by atoms with E-state index >= 15 is 0 Å². The molecule has 1 N–H and O–H groups in total. The molecule has 7 nitrogen and oxygen atoms in total. The van der Waals surface area contributed by atoms with Crippen molar-refractivity contribution in [2.45, 2.75) is 55.9 Å². The van der Waals surface area contributed by atoms with Crippen molar-refractivity contribution in [1.82, 2.24) is 9.62 Å². The molecule has 154 valence electrons. The predicted octanol–water partition coefficient (Wildman–Crippen LogP) is 2.08. The summed E-state index contributed by atoms with van der Waals surface area (Å²) < 4.78 is 31.8. The van der Waals surface area contributed by atoms with E-state index in [1.54, 1.807) is 30.3 Å². The molecule has 1 amide bonds. The fourth-order valence-corrected chi connectivity index (χ4v) is 5.33. The maximum absolute atomic E-state index is 12.6. The van der Waals surface area contributed by atoms with E-state index < -0.39 is 16.0 Å². The van der Waals surface area contributed by atoms with Gasteiger partial charge in [-0.3, -0.25) is 9.59 Å². The number of carbonyl (C=O) groups is 2. The molecule has 1 saturated carbocycles. The second-order valence-corrected chi connectivity index (χ2v) is 9.44. The van der Waals surface area contributed by atoms with Crippen LogP contribution in [0.15, 0.2) is 35.2 Å². The third kappa shape index (κ3) is 5.32. The zero-order chi connectivity index (χ0) is 20.0. The molecule has 0 unspecified atom stereocenters. The van der Waals surface area contributed by atoms with Crippen molar-refractivity contribution in [3.05, 3.63) is 30.3 Å². The highest BCUT2D eigenvalue weighted by Gasteiger charge is 2.33. The molecule has 0 radical (unpaired) electrons. The van der Waals surface area contributed by atoms with E-state index in [1.807, 2.05) is 0 Å². The fourth-order valence-electron chi connectivity index (χ4n) is 3.84. The monoisotopic (exact) mass is 408 g/mol. The van der Waals surface area contributed by atoms with Crippen molar-refractivity contribution in [2.24, 2.45) is 5.92 Å². The summed E-state index contributed by atoms with van der Waals surface area (Å²) in [6, 6.07) is 8.48. The van der Waals surface area contributed by atoms with Crippen LogP contribution >= 0.6 is 0 Å². The summed E-state index contributed by atoms with van der Waals surface area (Å²) in [5, 5.41) is 2.92. The van der Waals surface area contributed by atoms with Crippen molar-refractivity contribution >= 4 is 21.9 Å². The van der Waals surface area contributed by atoms with E-state index in [0.717, 1.165) is 25.7 Å². The maximum atomic E-state index is 12.6. The van der Waals surface area contributed by atoms with Crippen LogP contribution in [0.1, 0.15) is 44.9 Å². The van der Waals surface area contributed by atoms with Crippen LogP contribution in [0.3, 0.4) is 0 Å². The molecule has 1 aromatic carbocycles. The third-order valence-corrected chi connectivity index (χ3v) is 7.40. The van der Waals surface area contributed by atoms with Gasteiger partial charge < -0.3 is 10.1 Å².